The van der Waals surface area contributed by atoms with E-state index in [2.05, 4.69) is 0 Å². The molecule has 0 fully saturated rings. The number of fused-ring (bicyclic) bond motifs is 1. The van der Waals surface area contributed by atoms with Crippen LogP contribution in [-0.2, 0) is 17.9 Å². The summed E-state index contributed by atoms with van der Waals surface area (Å²) in [6, 6.07) is 8.49. The molecule has 6 heteroatoms. The van der Waals surface area contributed by atoms with Crippen LogP contribution < -0.4 is 0 Å². The van der Waals surface area contributed by atoms with Crippen LogP contribution in [-0.4, -0.2) is 16.6 Å². The minimum absolute atomic E-state index is 0.0832. The van der Waals surface area contributed by atoms with Crippen molar-refractivity contribution in [3.05, 3.63) is 65.0 Å². The molecule has 0 aromatic heterocycles. The number of rotatable bonds is 3. The summed E-state index contributed by atoms with van der Waals surface area (Å²) < 4.78 is 39.9. The Labute approximate surface area is 129 Å². The molecule has 114 valence electrons. The third-order valence-electron chi connectivity index (χ3n) is 3.51. The highest BCUT2D eigenvalue weighted by Crippen LogP contribution is 2.27. The van der Waals surface area contributed by atoms with Crippen LogP contribution in [0.2, 0.25) is 0 Å². The second-order valence-corrected chi connectivity index (χ2v) is 6.02. The number of benzene rings is 2. The minimum atomic E-state index is -0.909. The molecule has 0 saturated heterocycles. The van der Waals surface area contributed by atoms with Crippen molar-refractivity contribution in [1.82, 2.24) is 4.90 Å². The SMILES string of the molecule is O=C(CSc1ccccc1F)N1Cc2cc(F)c(F)cc2C1. The molecular formula is C16H12F3NOS. The van der Waals surface area contributed by atoms with Gasteiger partial charge in [-0.3, -0.25) is 4.79 Å². The third-order valence-corrected chi connectivity index (χ3v) is 4.54. The highest BCUT2D eigenvalue weighted by atomic mass is 32.2. The second-order valence-electron chi connectivity index (χ2n) is 5.00. The van der Waals surface area contributed by atoms with Crippen molar-refractivity contribution in [2.24, 2.45) is 0 Å². The summed E-state index contributed by atoms with van der Waals surface area (Å²) in [4.78, 5) is 14.1. The van der Waals surface area contributed by atoms with Gasteiger partial charge in [-0.1, -0.05) is 12.1 Å². The first kappa shape index (κ1) is 15.0. The largest absolute Gasteiger partial charge is 0.333 e. The molecule has 0 spiro atoms. The predicted octanol–water partition coefficient (Wildman–Crippen LogP) is 3.74. The van der Waals surface area contributed by atoms with Gasteiger partial charge in [-0.15, -0.1) is 11.8 Å². The van der Waals surface area contributed by atoms with Gasteiger partial charge in [-0.2, -0.15) is 0 Å². The summed E-state index contributed by atoms with van der Waals surface area (Å²) in [5, 5.41) is 0. The van der Waals surface area contributed by atoms with Crippen LogP contribution in [0.25, 0.3) is 0 Å². The molecule has 1 amide bonds. The van der Waals surface area contributed by atoms with E-state index in [1.807, 2.05) is 0 Å². The van der Waals surface area contributed by atoms with Crippen molar-refractivity contribution >= 4 is 17.7 Å². The summed E-state index contributed by atoms with van der Waals surface area (Å²) in [7, 11) is 0. The number of thioether (sulfide) groups is 1. The number of nitrogens with zero attached hydrogens (tertiary/aromatic N) is 1. The summed E-state index contributed by atoms with van der Waals surface area (Å²) in [6.45, 7) is 0.506. The van der Waals surface area contributed by atoms with Crippen molar-refractivity contribution < 1.29 is 18.0 Å². The van der Waals surface area contributed by atoms with Crippen LogP contribution in [0.15, 0.2) is 41.3 Å². The van der Waals surface area contributed by atoms with Gasteiger partial charge in [0.25, 0.3) is 0 Å². The average Bonchev–Trinajstić information content (AvgIpc) is 2.89. The Hall–Kier alpha value is -1.95. The quantitative estimate of drug-likeness (QED) is 0.802. The number of amides is 1. The third kappa shape index (κ3) is 2.97. The molecule has 1 heterocycles. The topological polar surface area (TPSA) is 20.3 Å². The highest BCUT2D eigenvalue weighted by molar-refractivity contribution is 8.00. The first-order valence-corrected chi connectivity index (χ1v) is 7.65. The molecule has 0 radical (unpaired) electrons. The fourth-order valence-electron chi connectivity index (χ4n) is 2.36. The molecule has 0 saturated carbocycles. The average molecular weight is 323 g/mol. The molecule has 1 aliphatic rings. The van der Waals surface area contributed by atoms with Gasteiger partial charge in [-0.05, 0) is 35.4 Å². The zero-order valence-corrected chi connectivity index (χ0v) is 12.3. The van der Waals surface area contributed by atoms with Gasteiger partial charge < -0.3 is 4.90 Å². The normalized spacial score (nSPS) is 13.3. The zero-order chi connectivity index (χ0) is 15.7. The van der Waals surface area contributed by atoms with Crippen molar-refractivity contribution in [2.45, 2.75) is 18.0 Å². The lowest BCUT2D eigenvalue weighted by molar-refractivity contribution is -0.128. The van der Waals surface area contributed by atoms with Gasteiger partial charge >= 0.3 is 0 Å². The fraction of sp³-hybridized carbons (Fsp3) is 0.188. The van der Waals surface area contributed by atoms with E-state index in [0.29, 0.717) is 16.0 Å². The van der Waals surface area contributed by atoms with Gasteiger partial charge in [0, 0.05) is 18.0 Å². The molecule has 2 aromatic rings. The van der Waals surface area contributed by atoms with Crippen LogP contribution in [0.3, 0.4) is 0 Å². The molecular weight excluding hydrogens is 311 g/mol. The van der Waals surface area contributed by atoms with Crippen LogP contribution in [0.1, 0.15) is 11.1 Å². The van der Waals surface area contributed by atoms with E-state index in [-0.39, 0.29) is 30.6 Å². The van der Waals surface area contributed by atoms with Crippen molar-refractivity contribution in [3.8, 4) is 0 Å². The van der Waals surface area contributed by atoms with Crippen LogP contribution in [0.5, 0.6) is 0 Å². The number of hydrogen-bond acceptors (Lipinski definition) is 2. The van der Waals surface area contributed by atoms with E-state index in [4.69, 9.17) is 0 Å². The number of halogens is 3. The Kier molecular flexibility index (Phi) is 4.11. The molecule has 1 aliphatic heterocycles. The number of hydrogen-bond donors (Lipinski definition) is 0. The predicted molar refractivity (Wildman–Crippen MR) is 77.7 cm³/mol. The van der Waals surface area contributed by atoms with Crippen molar-refractivity contribution in [2.75, 3.05) is 5.75 Å². The van der Waals surface area contributed by atoms with Crippen molar-refractivity contribution in [1.29, 1.82) is 0 Å². The molecule has 0 N–H and O–H groups in total. The highest BCUT2D eigenvalue weighted by Gasteiger charge is 2.25. The molecule has 2 nitrogen and oxygen atoms in total. The Bertz CT molecular complexity index is 704. The summed E-state index contributed by atoms with van der Waals surface area (Å²) >= 11 is 1.11. The number of carbonyl (C=O) groups is 1. The number of carbonyl (C=O) groups excluding carboxylic acids is 1. The first-order valence-electron chi connectivity index (χ1n) is 6.66. The molecule has 0 bridgehead atoms. The minimum Gasteiger partial charge on any atom is -0.333 e. The standard InChI is InChI=1S/C16H12F3NOS/c17-12-3-1-2-4-15(12)22-9-16(21)20-7-10-5-13(18)14(19)6-11(10)8-20/h1-6H,7-9H2. The molecule has 0 atom stereocenters. The van der Waals surface area contributed by atoms with E-state index in [9.17, 15) is 18.0 Å². The zero-order valence-electron chi connectivity index (χ0n) is 11.5. The lowest BCUT2D eigenvalue weighted by atomic mass is 10.1. The first-order chi connectivity index (χ1) is 10.5. The summed E-state index contributed by atoms with van der Waals surface area (Å²) in [5.74, 6) is -2.29. The monoisotopic (exact) mass is 323 g/mol. The lowest BCUT2D eigenvalue weighted by Gasteiger charge is -2.15. The Morgan fingerprint density at radius 2 is 1.59 bits per heavy atom. The molecule has 0 unspecified atom stereocenters. The fourth-order valence-corrected chi connectivity index (χ4v) is 3.20. The molecule has 22 heavy (non-hydrogen) atoms. The summed E-state index contributed by atoms with van der Waals surface area (Å²) in [5.41, 5.74) is 1.23. The Balaban J connectivity index is 1.64. The van der Waals surface area contributed by atoms with Crippen LogP contribution >= 0.6 is 11.8 Å². The van der Waals surface area contributed by atoms with Gasteiger partial charge in [-0.25, -0.2) is 13.2 Å². The van der Waals surface area contributed by atoms with E-state index in [0.717, 1.165) is 23.9 Å². The maximum absolute atomic E-state index is 13.5. The van der Waals surface area contributed by atoms with E-state index >= 15 is 0 Å². The van der Waals surface area contributed by atoms with E-state index in [1.54, 1.807) is 18.2 Å². The smallest absolute Gasteiger partial charge is 0.233 e. The second kappa shape index (κ2) is 6.04. The lowest BCUT2D eigenvalue weighted by Crippen LogP contribution is -2.26. The van der Waals surface area contributed by atoms with E-state index in [1.165, 1.54) is 11.0 Å². The Morgan fingerprint density at radius 3 is 2.18 bits per heavy atom. The van der Waals surface area contributed by atoms with Gasteiger partial charge in [0.2, 0.25) is 5.91 Å². The van der Waals surface area contributed by atoms with Crippen LogP contribution in [0, 0.1) is 17.5 Å². The molecule has 3 rings (SSSR count). The Morgan fingerprint density at radius 1 is 1.00 bits per heavy atom. The molecule has 0 aliphatic carbocycles. The van der Waals surface area contributed by atoms with Crippen molar-refractivity contribution in [3.63, 3.8) is 0 Å². The van der Waals surface area contributed by atoms with Gasteiger partial charge in [0.05, 0.1) is 5.75 Å². The van der Waals surface area contributed by atoms with Gasteiger partial charge in [0.1, 0.15) is 5.82 Å². The van der Waals surface area contributed by atoms with Crippen LogP contribution in [0.4, 0.5) is 13.2 Å². The maximum atomic E-state index is 13.5. The maximum Gasteiger partial charge on any atom is 0.233 e. The van der Waals surface area contributed by atoms with Gasteiger partial charge in [0.15, 0.2) is 11.6 Å². The molecule has 2 aromatic carbocycles. The van der Waals surface area contributed by atoms with E-state index < -0.39 is 11.6 Å². The summed E-state index contributed by atoms with van der Waals surface area (Å²) in [6.07, 6.45) is 0.